The monoisotopic (exact) mass is 306 g/mol. The molecule has 0 unspecified atom stereocenters. The largest absolute Gasteiger partial charge is 0.462 e. The van der Waals surface area contributed by atoms with Gasteiger partial charge in [-0.3, -0.25) is 4.68 Å². The first-order valence-electron chi connectivity index (χ1n) is 8.20. The van der Waals surface area contributed by atoms with Crippen molar-refractivity contribution >= 4 is 12.3 Å². The fourth-order valence-corrected chi connectivity index (χ4v) is 3.30. The number of hydrogen-bond acceptors (Lipinski definition) is 4. The molecule has 1 aromatic rings. The van der Waals surface area contributed by atoms with E-state index in [1.165, 1.54) is 19.3 Å². The van der Waals surface area contributed by atoms with E-state index in [-0.39, 0.29) is 5.97 Å². The molecule has 0 amide bonds. The van der Waals surface area contributed by atoms with Crippen molar-refractivity contribution in [3.8, 4) is 0 Å². The van der Waals surface area contributed by atoms with Crippen LogP contribution in [-0.2, 0) is 14.9 Å². The van der Waals surface area contributed by atoms with Crippen molar-refractivity contribution in [3.63, 3.8) is 0 Å². The number of carbonyl (C=O) groups is 2. The molecule has 122 valence electrons. The highest BCUT2D eigenvalue weighted by Gasteiger charge is 2.34. The summed E-state index contributed by atoms with van der Waals surface area (Å²) < 4.78 is 7.14. The van der Waals surface area contributed by atoms with Gasteiger partial charge in [0.15, 0.2) is 0 Å². The van der Waals surface area contributed by atoms with Crippen LogP contribution in [0.4, 0.5) is 0 Å². The van der Waals surface area contributed by atoms with Gasteiger partial charge in [-0.15, -0.1) is 0 Å². The number of nitrogens with zero attached hydrogens (tertiary/aromatic N) is 2. The summed E-state index contributed by atoms with van der Waals surface area (Å²) in [6.07, 6.45) is 8.66. The summed E-state index contributed by atoms with van der Waals surface area (Å²) in [4.78, 5) is 23.3. The Labute approximate surface area is 132 Å². The topological polar surface area (TPSA) is 61.2 Å². The van der Waals surface area contributed by atoms with Crippen LogP contribution in [-0.4, -0.2) is 28.6 Å². The van der Waals surface area contributed by atoms with Crippen LogP contribution < -0.4 is 0 Å². The van der Waals surface area contributed by atoms with Crippen molar-refractivity contribution < 1.29 is 14.3 Å². The lowest BCUT2D eigenvalue weighted by Gasteiger charge is -2.30. The molecule has 1 fully saturated rings. The zero-order valence-corrected chi connectivity index (χ0v) is 13.8. The van der Waals surface area contributed by atoms with E-state index in [4.69, 9.17) is 4.74 Å². The maximum absolute atomic E-state index is 12.2. The Morgan fingerprint density at radius 3 is 2.68 bits per heavy atom. The molecule has 2 rings (SSSR count). The summed E-state index contributed by atoms with van der Waals surface area (Å²) in [7, 11) is 0. The van der Waals surface area contributed by atoms with Crippen LogP contribution in [0.3, 0.4) is 0 Å². The molecule has 22 heavy (non-hydrogen) atoms. The van der Waals surface area contributed by atoms with Gasteiger partial charge in [-0.05, 0) is 19.8 Å². The molecule has 1 aliphatic rings. The zero-order valence-electron chi connectivity index (χ0n) is 13.8. The molecule has 0 aliphatic heterocycles. The summed E-state index contributed by atoms with van der Waals surface area (Å²) >= 11 is 0. The van der Waals surface area contributed by atoms with Crippen LogP contribution >= 0.6 is 0 Å². The van der Waals surface area contributed by atoms with E-state index in [0.29, 0.717) is 24.6 Å². The molecule has 1 heterocycles. The number of carbonyl (C=O) groups excluding carboxylic acids is 2. The Morgan fingerprint density at radius 1 is 1.41 bits per heavy atom. The number of hydrogen-bond donors (Lipinski definition) is 0. The molecule has 1 saturated carbocycles. The quantitative estimate of drug-likeness (QED) is 0.596. The number of ether oxygens (including phenoxy) is 1. The summed E-state index contributed by atoms with van der Waals surface area (Å²) in [5.41, 5.74) is 0.904. The highest BCUT2D eigenvalue weighted by atomic mass is 16.5. The highest BCUT2D eigenvalue weighted by molar-refractivity contribution is 5.91. The lowest BCUT2D eigenvalue weighted by atomic mass is 9.83. The van der Waals surface area contributed by atoms with Crippen molar-refractivity contribution in [2.45, 2.75) is 70.8 Å². The van der Waals surface area contributed by atoms with Crippen molar-refractivity contribution in [3.05, 3.63) is 17.5 Å². The normalized spacial score (nSPS) is 16.5. The minimum Gasteiger partial charge on any atom is -0.462 e. The second-order valence-corrected chi connectivity index (χ2v) is 6.62. The van der Waals surface area contributed by atoms with E-state index < -0.39 is 5.41 Å². The second-order valence-electron chi connectivity index (χ2n) is 6.62. The fraction of sp³-hybridized carbons (Fsp3) is 0.706. The average molecular weight is 306 g/mol. The lowest BCUT2D eigenvalue weighted by Crippen LogP contribution is -2.28. The predicted molar refractivity (Wildman–Crippen MR) is 84.0 cm³/mol. The fourth-order valence-electron chi connectivity index (χ4n) is 3.30. The Kier molecular flexibility index (Phi) is 5.37. The van der Waals surface area contributed by atoms with Gasteiger partial charge in [0.25, 0.3) is 0 Å². The molecule has 0 bridgehead atoms. The first-order valence-corrected chi connectivity index (χ1v) is 8.20. The van der Waals surface area contributed by atoms with Gasteiger partial charge in [-0.1, -0.05) is 33.1 Å². The van der Waals surface area contributed by atoms with Crippen molar-refractivity contribution in [1.82, 2.24) is 9.78 Å². The van der Waals surface area contributed by atoms with Gasteiger partial charge in [0.1, 0.15) is 11.8 Å². The molecule has 0 spiro atoms. The Bertz CT molecular complexity index is 528. The van der Waals surface area contributed by atoms with Gasteiger partial charge in [-0.2, -0.15) is 5.10 Å². The molecular weight excluding hydrogens is 280 g/mol. The maximum atomic E-state index is 12.2. The average Bonchev–Trinajstić information content (AvgIpc) is 2.94. The number of esters is 1. The molecule has 1 aliphatic carbocycles. The summed E-state index contributed by atoms with van der Waals surface area (Å²) in [5, 5.41) is 4.49. The van der Waals surface area contributed by atoms with E-state index in [1.54, 1.807) is 13.1 Å². The second kappa shape index (κ2) is 7.07. The Balaban J connectivity index is 2.44. The van der Waals surface area contributed by atoms with Crippen LogP contribution in [0.1, 0.15) is 81.4 Å². The third-order valence-electron chi connectivity index (χ3n) is 4.45. The molecule has 0 atom stereocenters. The molecule has 5 heteroatoms. The SMILES string of the molecule is CCOC(=O)c1cnn(C2CCCCC2)c1C(C)(C)CC=O. The Morgan fingerprint density at radius 2 is 2.09 bits per heavy atom. The number of aldehydes is 1. The first-order chi connectivity index (χ1) is 10.5. The van der Waals surface area contributed by atoms with E-state index in [0.717, 1.165) is 24.8 Å². The molecule has 0 saturated heterocycles. The zero-order chi connectivity index (χ0) is 16.2. The van der Waals surface area contributed by atoms with E-state index >= 15 is 0 Å². The van der Waals surface area contributed by atoms with Crippen LogP contribution in [0, 0.1) is 0 Å². The van der Waals surface area contributed by atoms with E-state index in [2.05, 4.69) is 5.10 Å². The van der Waals surface area contributed by atoms with Gasteiger partial charge in [-0.25, -0.2) is 4.79 Å². The molecule has 5 nitrogen and oxygen atoms in total. The van der Waals surface area contributed by atoms with Gasteiger partial charge < -0.3 is 9.53 Å². The summed E-state index contributed by atoms with van der Waals surface area (Å²) in [6.45, 7) is 6.10. The standard InChI is InChI=1S/C17H26N2O3/c1-4-22-16(21)14-12-18-19(13-8-6-5-7-9-13)15(14)17(2,3)10-11-20/h11-13H,4-10H2,1-3H3. The third-order valence-corrected chi connectivity index (χ3v) is 4.45. The molecule has 1 aromatic heterocycles. The third kappa shape index (κ3) is 3.39. The minimum atomic E-state index is -0.433. The predicted octanol–water partition coefficient (Wildman–Crippen LogP) is 3.43. The number of aromatic nitrogens is 2. The molecule has 0 radical (unpaired) electrons. The van der Waals surface area contributed by atoms with Crippen LogP contribution in [0.15, 0.2) is 6.20 Å². The minimum absolute atomic E-state index is 0.317. The van der Waals surface area contributed by atoms with Crippen LogP contribution in [0.25, 0.3) is 0 Å². The first kappa shape index (κ1) is 16.7. The van der Waals surface area contributed by atoms with Gasteiger partial charge in [0.2, 0.25) is 0 Å². The highest BCUT2D eigenvalue weighted by Crippen LogP contribution is 2.36. The van der Waals surface area contributed by atoms with Crippen molar-refractivity contribution in [2.75, 3.05) is 6.61 Å². The maximum Gasteiger partial charge on any atom is 0.341 e. The van der Waals surface area contributed by atoms with E-state index in [9.17, 15) is 9.59 Å². The molecule has 0 aromatic carbocycles. The van der Waals surface area contributed by atoms with Crippen LogP contribution in [0.2, 0.25) is 0 Å². The summed E-state index contributed by atoms with van der Waals surface area (Å²) in [5.74, 6) is -0.349. The van der Waals surface area contributed by atoms with E-state index in [1.807, 2.05) is 18.5 Å². The van der Waals surface area contributed by atoms with Gasteiger partial charge in [0.05, 0.1) is 24.5 Å². The number of rotatable bonds is 6. The summed E-state index contributed by atoms with van der Waals surface area (Å²) in [6, 6.07) is 0.317. The van der Waals surface area contributed by atoms with Gasteiger partial charge >= 0.3 is 5.97 Å². The lowest BCUT2D eigenvalue weighted by molar-refractivity contribution is -0.108. The van der Waals surface area contributed by atoms with Gasteiger partial charge in [0, 0.05) is 11.8 Å². The smallest absolute Gasteiger partial charge is 0.341 e. The van der Waals surface area contributed by atoms with Crippen molar-refractivity contribution in [1.29, 1.82) is 0 Å². The Hall–Kier alpha value is -1.65. The van der Waals surface area contributed by atoms with Crippen LogP contribution in [0.5, 0.6) is 0 Å². The molecular formula is C17H26N2O3. The van der Waals surface area contributed by atoms with Crippen molar-refractivity contribution in [2.24, 2.45) is 0 Å². The molecule has 0 N–H and O–H groups in total.